The van der Waals surface area contributed by atoms with Gasteiger partial charge in [-0.3, -0.25) is 0 Å². The normalized spacial score (nSPS) is 17.4. The summed E-state index contributed by atoms with van der Waals surface area (Å²) in [6.07, 6.45) is 6.02. The highest BCUT2D eigenvalue weighted by atomic mass is 16.4. The Morgan fingerprint density at radius 2 is 1.82 bits per heavy atom. The van der Waals surface area contributed by atoms with Crippen LogP contribution in [0.15, 0.2) is 39.5 Å². The second kappa shape index (κ2) is 4.36. The third-order valence-corrected chi connectivity index (χ3v) is 3.71. The molecule has 1 aromatic carbocycles. The fourth-order valence-electron chi connectivity index (χ4n) is 2.78. The predicted molar refractivity (Wildman–Crippen MR) is 68.3 cm³/mol. The Hall–Kier alpha value is -1.57. The van der Waals surface area contributed by atoms with Crippen molar-refractivity contribution in [3.05, 3.63) is 46.3 Å². The number of rotatable bonds is 1. The molecule has 0 saturated heterocycles. The van der Waals surface area contributed by atoms with Gasteiger partial charge in [-0.25, -0.2) is 4.79 Å². The average molecular weight is 228 g/mol. The van der Waals surface area contributed by atoms with Crippen LogP contribution in [0.3, 0.4) is 0 Å². The van der Waals surface area contributed by atoms with Gasteiger partial charge in [0.15, 0.2) is 0 Å². The van der Waals surface area contributed by atoms with Crippen molar-refractivity contribution in [2.75, 3.05) is 0 Å². The van der Waals surface area contributed by atoms with Gasteiger partial charge < -0.3 is 4.42 Å². The molecule has 1 heterocycles. The van der Waals surface area contributed by atoms with Crippen molar-refractivity contribution < 1.29 is 4.42 Å². The maximum Gasteiger partial charge on any atom is 0.339 e. The Labute approximate surface area is 100 Å². The first-order valence-corrected chi connectivity index (χ1v) is 6.37. The maximum atomic E-state index is 12.0. The second-order valence-corrected chi connectivity index (χ2v) is 4.86. The van der Waals surface area contributed by atoms with Crippen molar-refractivity contribution in [2.24, 2.45) is 0 Å². The standard InChI is InChI=1S/C15H16O2/c16-15-13(11-6-2-1-3-7-11)10-12-8-4-5-9-14(12)17-15/h4-5,8-11H,1-3,6-7H2. The first-order chi connectivity index (χ1) is 8.34. The minimum Gasteiger partial charge on any atom is -0.423 e. The van der Waals surface area contributed by atoms with Gasteiger partial charge in [0.2, 0.25) is 0 Å². The van der Waals surface area contributed by atoms with E-state index in [4.69, 9.17) is 4.42 Å². The largest absolute Gasteiger partial charge is 0.423 e. The molecule has 1 aromatic heterocycles. The van der Waals surface area contributed by atoms with Crippen LogP contribution in [0.5, 0.6) is 0 Å². The summed E-state index contributed by atoms with van der Waals surface area (Å²) in [5.74, 6) is 0.407. The van der Waals surface area contributed by atoms with Gasteiger partial charge in [0, 0.05) is 10.9 Å². The molecular formula is C15H16O2. The summed E-state index contributed by atoms with van der Waals surface area (Å²) in [6, 6.07) is 9.75. The predicted octanol–water partition coefficient (Wildman–Crippen LogP) is 3.84. The number of fused-ring (bicyclic) bond motifs is 1. The van der Waals surface area contributed by atoms with Crippen LogP contribution >= 0.6 is 0 Å². The Balaban J connectivity index is 2.09. The molecule has 0 aliphatic heterocycles. The van der Waals surface area contributed by atoms with Crippen molar-refractivity contribution >= 4 is 11.0 Å². The molecule has 1 saturated carbocycles. The van der Waals surface area contributed by atoms with E-state index in [-0.39, 0.29) is 5.63 Å². The molecule has 0 bridgehead atoms. The van der Waals surface area contributed by atoms with Crippen molar-refractivity contribution in [3.63, 3.8) is 0 Å². The summed E-state index contributed by atoms with van der Waals surface area (Å²) >= 11 is 0. The lowest BCUT2D eigenvalue weighted by atomic mass is 9.84. The minimum atomic E-state index is -0.143. The van der Waals surface area contributed by atoms with Gasteiger partial charge >= 0.3 is 5.63 Å². The van der Waals surface area contributed by atoms with Crippen molar-refractivity contribution in [1.82, 2.24) is 0 Å². The van der Waals surface area contributed by atoms with E-state index in [0.29, 0.717) is 11.5 Å². The molecule has 0 atom stereocenters. The fourth-order valence-corrected chi connectivity index (χ4v) is 2.78. The zero-order chi connectivity index (χ0) is 11.7. The lowest BCUT2D eigenvalue weighted by molar-refractivity contribution is 0.428. The highest BCUT2D eigenvalue weighted by molar-refractivity contribution is 5.76. The van der Waals surface area contributed by atoms with Crippen molar-refractivity contribution in [2.45, 2.75) is 38.0 Å². The van der Waals surface area contributed by atoms with E-state index >= 15 is 0 Å². The topological polar surface area (TPSA) is 30.2 Å². The molecule has 0 radical (unpaired) electrons. The smallest absolute Gasteiger partial charge is 0.339 e. The number of benzene rings is 1. The molecule has 2 heteroatoms. The molecule has 1 aliphatic carbocycles. The van der Waals surface area contributed by atoms with Gasteiger partial charge in [0.05, 0.1) is 0 Å². The van der Waals surface area contributed by atoms with Gasteiger partial charge in [-0.15, -0.1) is 0 Å². The molecule has 1 aliphatic rings. The van der Waals surface area contributed by atoms with Crippen LogP contribution in [0.2, 0.25) is 0 Å². The Kier molecular flexibility index (Phi) is 2.71. The molecule has 2 aromatic rings. The highest BCUT2D eigenvalue weighted by Gasteiger charge is 2.19. The number of hydrogen-bond acceptors (Lipinski definition) is 2. The van der Waals surface area contributed by atoms with Crippen LogP contribution in [-0.2, 0) is 0 Å². The quantitative estimate of drug-likeness (QED) is 0.694. The molecule has 1 fully saturated rings. The third kappa shape index (κ3) is 1.99. The van der Waals surface area contributed by atoms with Crippen molar-refractivity contribution in [1.29, 1.82) is 0 Å². The zero-order valence-electron chi connectivity index (χ0n) is 9.82. The summed E-state index contributed by atoms with van der Waals surface area (Å²) in [5.41, 5.74) is 1.43. The molecule has 0 spiro atoms. The van der Waals surface area contributed by atoms with Crippen molar-refractivity contribution in [3.8, 4) is 0 Å². The Morgan fingerprint density at radius 1 is 1.06 bits per heavy atom. The van der Waals surface area contributed by atoms with E-state index in [2.05, 4.69) is 0 Å². The molecule has 3 rings (SSSR count). The summed E-state index contributed by atoms with van der Waals surface area (Å²) in [7, 11) is 0. The highest BCUT2D eigenvalue weighted by Crippen LogP contribution is 2.31. The van der Waals surface area contributed by atoms with E-state index in [0.717, 1.165) is 23.8 Å². The molecule has 0 N–H and O–H groups in total. The van der Waals surface area contributed by atoms with Gasteiger partial charge in [-0.1, -0.05) is 37.5 Å². The lowest BCUT2D eigenvalue weighted by Gasteiger charge is -2.20. The van der Waals surface area contributed by atoms with Crippen LogP contribution < -0.4 is 5.63 Å². The molecule has 2 nitrogen and oxygen atoms in total. The minimum absolute atomic E-state index is 0.143. The SMILES string of the molecule is O=c1oc2ccccc2cc1C1CCCCC1. The van der Waals surface area contributed by atoms with Crippen LogP contribution in [0.25, 0.3) is 11.0 Å². The van der Waals surface area contributed by atoms with Crippen LogP contribution in [0, 0.1) is 0 Å². The van der Waals surface area contributed by atoms with E-state index in [1.165, 1.54) is 19.3 Å². The Bertz CT molecular complexity index is 577. The van der Waals surface area contributed by atoms with Crippen LogP contribution in [0.1, 0.15) is 43.6 Å². The molecule has 0 unspecified atom stereocenters. The average Bonchev–Trinajstić information content (AvgIpc) is 2.39. The van der Waals surface area contributed by atoms with Gasteiger partial charge in [0.25, 0.3) is 0 Å². The molecule has 88 valence electrons. The number of hydrogen-bond donors (Lipinski definition) is 0. The Morgan fingerprint density at radius 3 is 2.65 bits per heavy atom. The molecule has 0 amide bonds. The number of para-hydroxylation sites is 1. The molecule has 17 heavy (non-hydrogen) atoms. The van der Waals surface area contributed by atoms with Gasteiger partial charge in [-0.2, -0.15) is 0 Å². The van der Waals surface area contributed by atoms with Gasteiger partial charge in [-0.05, 0) is 30.9 Å². The molecular weight excluding hydrogens is 212 g/mol. The zero-order valence-corrected chi connectivity index (χ0v) is 9.82. The van der Waals surface area contributed by atoms with E-state index < -0.39 is 0 Å². The fraction of sp³-hybridized carbons (Fsp3) is 0.400. The maximum absolute atomic E-state index is 12.0. The van der Waals surface area contributed by atoms with E-state index in [1.807, 2.05) is 30.3 Å². The second-order valence-electron chi connectivity index (χ2n) is 4.86. The third-order valence-electron chi connectivity index (χ3n) is 3.71. The van der Waals surface area contributed by atoms with Crippen LogP contribution in [-0.4, -0.2) is 0 Å². The summed E-state index contributed by atoms with van der Waals surface area (Å²) in [5, 5.41) is 1.03. The van der Waals surface area contributed by atoms with E-state index in [9.17, 15) is 4.79 Å². The first-order valence-electron chi connectivity index (χ1n) is 6.37. The van der Waals surface area contributed by atoms with Gasteiger partial charge in [0.1, 0.15) is 5.58 Å². The summed E-state index contributed by atoms with van der Waals surface area (Å²) < 4.78 is 5.39. The monoisotopic (exact) mass is 228 g/mol. The lowest BCUT2D eigenvalue weighted by Crippen LogP contribution is -2.14. The summed E-state index contributed by atoms with van der Waals surface area (Å²) in [4.78, 5) is 12.0. The first kappa shape index (κ1) is 10.6. The van der Waals surface area contributed by atoms with E-state index in [1.54, 1.807) is 0 Å². The van der Waals surface area contributed by atoms with Crippen LogP contribution in [0.4, 0.5) is 0 Å². The summed E-state index contributed by atoms with van der Waals surface area (Å²) in [6.45, 7) is 0.